The standard InChI is InChI=1S/C21H21ClN4O/c1-2-26(18-6-4-3-5-7-18)21(27)19-12-13-20(25-24-19)23-15-14-16-8-10-17(22)11-9-16/h3-13H,2,14-15H2,1H3,(H,23,25). The summed E-state index contributed by atoms with van der Waals surface area (Å²) in [6, 6.07) is 20.8. The molecular formula is C21H21ClN4O. The zero-order chi connectivity index (χ0) is 19.1. The molecule has 27 heavy (non-hydrogen) atoms. The third-order valence-electron chi connectivity index (χ3n) is 4.15. The van der Waals surface area contributed by atoms with Crippen molar-refractivity contribution in [2.75, 3.05) is 23.3 Å². The molecule has 1 heterocycles. The normalized spacial score (nSPS) is 10.4. The molecule has 5 nitrogen and oxygen atoms in total. The van der Waals surface area contributed by atoms with Crippen LogP contribution in [0.3, 0.4) is 0 Å². The highest BCUT2D eigenvalue weighted by molar-refractivity contribution is 6.30. The number of amides is 1. The van der Waals surface area contributed by atoms with Gasteiger partial charge in [0.1, 0.15) is 5.82 Å². The summed E-state index contributed by atoms with van der Waals surface area (Å²) >= 11 is 5.89. The van der Waals surface area contributed by atoms with E-state index in [-0.39, 0.29) is 5.91 Å². The molecule has 0 unspecified atom stereocenters. The molecule has 2 aromatic carbocycles. The fourth-order valence-electron chi connectivity index (χ4n) is 2.72. The van der Waals surface area contributed by atoms with Crippen LogP contribution >= 0.6 is 11.6 Å². The maximum absolute atomic E-state index is 12.7. The molecule has 3 rings (SSSR count). The summed E-state index contributed by atoms with van der Waals surface area (Å²) in [6.07, 6.45) is 0.844. The van der Waals surface area contributed by atoms with Crippen molar-refractivity contribution in [1.29, 1.82) is 0 Å². The van der Waals surface area contributed by atoms with Crippen molar-refractivity contribution in [3.05, 3.63) is 83.0 Å². The van der Waals surface area contributed by atoms with E-state index in [1.54, 1.807) is 17.0 Å². The van der Waals surface area contributed by atoms with Crippen LogP contribution in [-0.2, 0) is 6.42 Å². The minimum atomic E-state index is -0.163. The van der Waals surface area contributed by atoms with E-state index in [9.17, 15) is 4.79 Å². The van der Waals surface area contributed by atoms with Crippen molar-refractivity contribution in [2.24, 2.45) is 0 Å². The van der Waals surface area contributed by atoms with Crippen molar-refractivity contribution in [2.45, 2.75) is 13.3 Å². The first-order chi connectivity index (χ1) is 13.2. The molecular weight excluding hydrogens is 360 g/mol. The van der Waals surface area contributed by atoms with Gasteiger partial charge in [-0.2, -0.15) is 0 Å². The number of anilines is 2. The number of rotatable bonds is 7. The van der Waals surface area contributed by atoms with Gasteiger partial charge in [-0.1, -0.05) is 41.9 Å². The highest BCUT2D eigenvalue weighted by Gasteiger charge is 2.17. The van der Waals surface area contributed by atoms with Gasteiger partial charge in [-0.25, -0.2) is 0 Å². The number of halogens is 1. The second kappa shape index (κ2) is 9.14. The van der Waals surface area contributed by atoms with E-state index < -0.39 is 0 Å². The number of hydrogen-bond acceptors (Lipinski definition) is 4. The maximum Gasteiger partial charge on any atom is 0.278 e. The van der Waals surface area contributed by atoms with Crippen LogP contribution in [0, 0.1) is 0 Å². The predicted octanol–water partition coefficient (Wildman–Crippen LogP) is 4.45. The lowest BCUT2D eigenvalue weighted by Gasteiger charge is -2.20. The molecule has 0 fully saturated rings. The minimum absolute atomic E-state index is 0.163. The second-order valence-electron chi connectivity index (χ2n) is 5.99. The molecule has 138 valence electrons. The smallest absolute Gasteiger partial charge is 0.278 e. The summed E-state index contributed by atoms with van der Waals surface area (Å²) in [5.74, 6) is 0.479. The summed E-state index contributed by atoms with van der Waals surface area (Å²) in [7, 11) is 0. The Bertz CT molecular complexity index is 867. The fourth-order valence-corrected chi connectivity index (χ4v) is 2.84. The van der Waals surface area contributed by atoms with Crippen LogP contribution in [0.2, 0.25) is 5.02 Å². The van der Waals surface area contributed by atoms with Crippen LogP contribution in [0.5, 0.6) is 0 Å². The lowest BCUT2D eigenvalue weighted by Crippen LogP contribution is -2.31. The zero-order valence-corrected chi connectivity index (χ0v) is 15.9. The Hall–Kier alpha value is -2.92. The molecule has 0 radical (unpaired) electrons. The van der Waals surface area contributed by atoms with Gasteiger partial charge in [-0.05, 0) is 55.3 Å². The first kappa shape index (κ1) is 18.9. The SMILES string of the molecule is CCN(C(=O)c1ccc(NCCc2ccc(Cl)cc2)nn1)c1ccccc1. The number of para-hydroxylation sites is 1. The number of aromatic nitrogens is 2. The molecule has 0 aliphatic carbocycles. The minimum Gasteiger partial charge on any atom is -0.368 e. The van der Waals surface area contributed by atoms with Crippen molar-refractivity contribution in [3.8, 4) is 0 Å². The average Bonchev–Trinajstić information content (AvgIpc) is 2.71. The quantitative estimate of drug-likeness (QED) is 0.657. The Balaban J connectivity index is 1.59. The van der Waals surface area contributed by atoms with E-state index in [2.05, 4.69) is 15.5 Å². The molecule has 0 bridgehead atoms. The molecule has 0 aliphatic heterocycles. The van der Waals surface area contributed by atoms with E-state index in [0.29, 0.717) is 24.6 Å². The lowest BCUT2D eigenvalue weighted by molar-refractivity contribution is 0.0982. The van der Waals surface area contributed by atoms with Gasteiger partial charge < -0.3 is 10.2 Å². The highest BCUT2D eigenvalue weighted by Crippen LogP contribution is 2.16. The van der Waals surface area contributed by atoms with Crippen LogP contribution in [0.1, 0.15) is 23.0 Å². The van der Waals surface area contributed by atoms with Gasteiger partial charge in [0.15, 0.2) is 5.69 Å². The van der Waals surface area contributed by atoms with E-state index in [1.165, 1.54) is 5.56 Å². The molecule has 0 spiro atoms. The fraction of sp³-hybridized carbons (Fsp3) is 0.190. The molecule has 3 aromatic rings. The molecule has 0 saturated carbocycles. The Kier molecular flexibility index (Phi) is 6.39. The van der Waals surface area contributed by atoms with E-state index >= 15 is 0 Å². The van der Waals surface area contributed by atoms with Crippen LogP contribution in [0.25, 0.3) is 0 Å². The van der Waals surface area contributed by atoms with Crippen molar-refractivity contribution in [3.63, 3.8) is 0 Å². The van der Waals surface area contributed by atoms with Crippen molar-refractivity contribution in [1.82, 2.24) is 10.2 Å². The first-order valence-corrected chi connectivity index (χ1v) is 9.24. The number of hydrogen-bond donors (Lipinski definition) is 1. The maximum atomic E-state index is 12.7. The first-order valence-electron chi connectivity index (χ1n) is 8.86. The summed E-state index contributed by atoms with van der Waals surface area (Å²) in [4.78, 5) is 14.4. The van der Waals surface area contributed by atoms with E-state index in [4.69, 9.17) is 11.6 Å². The number of nitrogens with zero attached hydrogens (tertiary/aromatic N) is 3. The van der Waals surface area contributed by atoms with Gasteiger partial charge >= 0.3 is 0 Å². The number of nitrogens with one attached hydrogen (secondary N) is 1. The van der Waals surface area contributed by atoms with Gasteiger partial charge in [-0.15, -0.1) is 10.2 Å². The molecule has 1 amide bonds. The van der Waals surface area contributed by atoms with Gasteiger partial charge in [0, 0.05) is 23.8 Å². The molecule has 6 heteroatoms. The van der Waals surface area contributed by atoms with Crippen LogP contribution in [0.15, 0.2) is 66.7 Å². The number of benzene rings is 2. The second-order valence-corrected chi connectivity index (χ2v) is 6.43. The number of carbonyl (C=O) groups is 1. The van der Waals surface area contributed by atoms with Gasteiger partial charge in [0.25, 0.3) is 5.91 Å². The average molecular weight is 381 g/mol. The van der Waals surface area contributed by atoms with Crippen molar-refractivity contribution >= 4 is 29.0 Å². The van der Waals surface area contributed by atoms with E-state index in [1.807, 2.05) is 61.5 Å². The monoisotopic (exact) mass is 380 g/mol. The van der Waals surface area contributed by atoms with Crippen LogP contribution in [-0.4, -0.2) is 29.2 Å². The van der Waals surface area contributed by atoms with Crippen LogP contribution < -0.4 is 10.2 Å². The van der Waals surface area contributed by atoms with Gasteiger partial charge in [0.2, 0.25) is 0 Å². The Morgan fingerprint density at radius 1 is 1.00 bits per heavy atom. The topological polar surface area (TPSA) is 58.1 Å². The third kappa shape index (κ3) is 5.05. The van der Waals surface area contributed by atoms with Gasteiger partial charge in [-0.3, -0.25) is 4.79 Å². The Morgan fingerprint density at radius 2 is 1.74 bits per heavy atom. The Labute approximate surface area is 164 Å². The summed E-state index contributed by atoms with van der Waals surface area (Å²) in [5.41, 5.74) is 2.36. The van der Waals surface area contributed by atoms with Crippen LogP contribution in [0.4, 0.5) is 11.5 Å². The summed E-state index contributed by atoms with van der Waals surface area (Å²) < 4.78 is 0. The molecule has 0 saturated heterocycles. The molecule has 0 aliphatic rings. The van der Waals surface area contributed by atoms with E-state index in [0.717, 1.165) is 17.1 Å². The lowest BCUT2D eigenvalue weighted by atomic mass is 10.1. The van der Waals surface area contributed by atoms with Crippen molar-refractivity contribution < 1.29 is 4.79 Å². The molecule has 1 N–H and O–H groups in total. The molecule has 1 aromatic heterocycles. The summed E-state index contributed by atoms with van der Waals surface area (Å²) in [6.45, 7) is 3.21. The number of carbonyl (C=O) groups excluding carboxylic acids is 1. The zero-order valence-electron chi connectivity index (χ0n) is 15.1. The largest absolute Gasteiger partial charge is 0.368 e. The summed E-state index contributed by atoms with van der Waals surface area (Å²) in [5, 5.41) is 12.2. The predicted molar refractivity (Wildman–Crippen MR) is 109 cm³/mol. The van der Waals surface area contributed by atoms with Gasteiger partial charge in [0.05, 0.1) is 0 Å². The molecule has 0 atom stereocenters. The highest BCUT2D eigenvalue weighted by atomic mass is 35.5. The Morgan fingerprint density at radius 3 is 2.37 bits per heavy atom. The third-order valence-corrected chi connectivity index (χ3v) is 4.40.